The smallest absolute Gasteiger partial charge is 0.251 e. The number of hydrogen-bond donors (Lipinski definition) is 1. The summed E-state index contributed by atoms with van der Waals surface area (Å²) in [5.74, 6) is 0.576. The van der Waals surface area contributed by atoms with Crippen molar-refractivity contribution < 1.29 is 9.32 Å². The Morgan fingerprint density at radius 3 is 2.35 bits per heavy atom. The lowest BCUT2D eigenvalue weighted by Gasteiger charge is -2.04. The van der Waals surface area contributed by atoms with Crippen LogP contribution in [-0.4, -0.2) is 17.6 Å². The summed E-state index contributed by atoms with van der Waals surface area (Å²) in [4.78, 5) is 12.1. The number of nitrogens with one attached hydrogen (secondary N) is 1. The number of amides is 1. The van der Waals surface area contributed by atoms with Crippen LogP contribution < -0.4 is 5.32 Å². The zero-order valence-electron chi connectivity index (χ0n) is 14.4. The van der Waals surface area contributed by atoms with E-state index in [4.69, 9.17) is 4.52 Å². The Morgan fingerprint density at radius 1 is 0.923 bits per heavy atom. The topological polar surface area (TPSA) is 55.1 Å². The predicted molar refractivity (Wildman–Crippen MR) is 103 cm³/mol. The van der Waals surface area contributed by atoms with Crippen molar-refractivity contribution in [3.05, 3.63) is 78.4 Å². The molecule has 4 nitrogen and oxygen atoms in total. The number of hydrogen-bond acceptors (Lipinski definition) is 3. The SMILES string of the molecule is CCNC(=O)c1ccc2noc(-c3ccc(-c4ccccc4)cc3)c2c1. The van der Waals surface area contributed by atoms with Crippen LogP contribution in [0.15, 0.2) is 77.3 Å². The zero-order chi connectivity index (χ0) is 17.9. The molecule has 26 heavy (non-hydrogen) atoms. The maximum Gasteiger partial charge on any atom is 0.251 e. The molecule has 0 saturated heterocycles. The molecule has 4 aromatic rings. The molecule has 0 fully saturated rings. The predicted octanol–water partition coefficient (Wildman–Crippen LogP) is 4.91. The molecule has 0 aliphatic carbocycles. The van der Waals surface area contributed by atoms with Gasteiger partial charge in [-0.2, -0.15) is 0 Å². The van der Waals surface area contributed by atoms with Crippen LogP contribution in [0.2, 0.25) is 0 Å². The average Bonchev–Trinajstić information content (AvgIpc) is 3.12. The van der Waals surface area contributed by atoms with Gasteiger partial charge < -0.3 is 9.84 Å². The van der Waals surface area contributed by atoms with Crippen molar-refractivity contribution in [2.45, 2.75) is 6.92 Å². The maximum atomic E-state index is 12.1. The van der Waals surface area contributed by atoms with Gasteiger partial charge in [-0.1, -0.05) is 59.8 Å². The van der Waals surface area contributed by atoms with E-state index in [0.717, 1.165) is 22.0 Å². The highest BCUT2D eigenvalue weighted by Gasteiger charge is 2.14. The average molecular weight is 342 g/mol. The highest BCUT2D eigenvalue weighted by atomic mass is 16.5. The van der Waals surface area contributed by atoms with Gasteiger partial charge in [0.05, 0.1) is 5.39 Å². The first kappa shape index (κ1) is 16.1. The molecule has 3 aromatic carbocycles. The van der Waals surface area contributed by atoms with Crippen molar-refractivity contribution in [1.82, 2.24) is 10.5 Å². The van der Waals surface area contributed by atoms with Gasteiger partial charge in [0.15, 0.2) is 5.76 Å². The van der Waals surface area contributed by atoms with Crippen LogP contribution in [0.3, 0.4) is 0 Å². The summed E-state index contributed by atoms with van der Waals surface area (Å²) in [6.07, 6.45) is 0. The molecule has 0 unspecified atom stereocenters. The summed E-state index contributed by atoms with van der Waals surface area (Å²) in [7, 11) is 0. The van der Waals surface area contributed by atoms with E-state index in [-0.39, 0.29) is 5.91 Å². The van der Waals surface area contributed by atoms with Crippen LogP contribution in [0, 0.1) is 0 Å². The van der Waals surface area contributed by atoms with Gasteiger partial charge in [0.25, 0.3) is 5.91 Å². The van der Waals surface area contributed by atoms with Crippen molar-refractivity contribution in [2.24, 2.45) is 0 Å². The fraction of sp³-hybridized carbons (Fsp3) is 0.0909. The van der Waals surface area contributed by atoms with Gasteiger partial charge in [-0.25, -0.2) is 0 Å². The lowest BCUT2D eigenvalue weighted by molar-refractivity contribution is 0.0956. The van der Waals surface area contributed by atoms with Gasteiger partial charge in [0.1, 0.15) is 5.52 Å². The van der Waals surface area contributed by atoms with Crippen molar-refractivity contribution in [1.29, 1.82) is 0 Å². The van der Waals surface area contributed by atoms with Crippen LogP contribution in [0.1, 0.15) is 17.3 Å². The quantitative estimate of drug-likeness (QED) is 0.573. The van der Waals surface area contributed by atoms with Crippen LogP contribution >= 0.6 is 0 Å². The fourth-order valence-corrected chi connectivity index (χ4v) is 3.00. The lowest BCUT2D eigenvalue weighted by Crippen LogP contribution is -2.22. The highest BCUT2D eigenvalue weighted by Crippen LogP contribution is 2.31. The standard InChI is InChI=1S/C22H18N2O2/c1-2-23-22(25)18-12-13-20-19(14-18)21(26-24-20)17-10-8-16(9-11-17)15-6-4-3-5-7-15/h3-14H,2H2,1H3,(H,23,25). The number of rotatable bonds is 4. The molecule has 0 aliphatic heterocycles. The van der Waals surface area contributed by atoms with Gasteiger partial charge in [0.2, 0.25) is 0 Å². The van der Waals surface area contributed by atoms with Crippen LogP contribution in [0.25, 0.3) is 33.4 Å². The Bertz CT molecular complexity index is 1050. The first-order valence-corrected chi connectivity index (χ1v) is 8.60. The van der Waals surface area contributed by atoms with E-state index in [1.807, 2.05) is 49.4 Å². The van der Waals surface area contributed by atoms with Gasteiger partial charge in [-0.3, -0.25) is 4.79 Å². The Labute approximate surface area is 151 Å². The van der Waals surface area contributed by atoms with Gasteiger partial charge in [-0.15, -0.1) is 0 Å². The van der Waals surface area contributed by atoms with Crippen molar-refractivity contribution in [2.75, 3.05) is 6.54 Å². The second-order valence-electron chi connectivity index (χ2n) is 6.05. The summed E-state index contributed by atoms with van der Waals surface area (Å²) in [6, 6.07) is 23.8. The third-order valence-electron chi connectivity index (χ3n) is 4.33. The fourth-order valence-electron chi connectivity index (χ4n) is 3.00. The van der Waals surface area contributed by atoms with E-state index in [1.165, 1.54) is 5.56 Å². The Kier molecular flexibility index (Phi) is 4.23. The molecule has 4 heteroatoms. The molecular weight excluding hydrogens is 324 g/mol. The monoisotopic (exact) mass is 342 g/mol. The molecule has 128 valence electrons. The summed E-state index contributed by atoms with van der Waals surface area (Å²) in [5.41, 5.74) is 4.58. The molecule has 1 heterocycles. The van der Waals surface area contributed by atoms with Gasteiger partial charge >= 0.3 is 0 Å². The molecule has 4 rings (SSSR count). The van der Waals surface area contributed by atoms with E-state index < -0.39 is 0 Å². The molecular formula is C22H18N2O2. The highest BCUT2D eigenvalue weighted by molar-refractivity contribution is 6.01. The minimum Gasteiger partial charge on any atom is -0.355 e. The van der Waals surface area contributed by atoms with E-state index in [9.17, 15) is 4.79 Å². The Morgan fingerprint density at radius 2 is 1.62 bits per heavy atom. The van der Waals surface area contributed by atoms with Gasteiger partial charge in [-0.05, 0) is 36.2 Å². The number of carbonyl (C=O) groups excluding carboxylic acids is 1. The second kappa shape index (κ2) is 6.84. The van der Waals surface area contributed by atoms with Crippen molar-refractivity contribution >= 4 is 16.8 Å². The van der Waals surface area contributed by atoms with E-state index in [0.29, 0.717) is 17.9 Å². The van der Waals surface area contributed by atoms with Crippen LogP contribution in [0.4, 0.5) is 0 Å². The summed E-state index contributed by atoms with van der Waals surface area (Å²) >= 11 is 0. The third kappa shape index (κ3) is 2.97. The molecule has 0 saturated carbocycles. The largest absolute Gasteiger partial charge is 0.355 e. The van der Waals surface area contributed by atoms with E-state index in [2.05, 4.69) is 34.7 Å². The van der Waals surface area contributed by atoms with Crippen LogP contribution in [0.5, 0.6) is 0 Å². The first-order chi connectivity index (χ1) is 12.8. The second-order valence-corrected chi connectivity index (χ2v) is 6.05. The van der Waals surface area contributed by atoms with Crippen molar-refractivity contribution in [3.8, 4) is 22.5 Å². The Balaban J connectivity index is 1.72. The van der Waals surface area contributed by atoms with E-state index in [1.54, 1.807) is 6.07 Å². The molecule has 0 spiro atoms. The number of nitrogens with zero attached hydrogens (tertiary/aromatic N) is 1. The van der Waals surface area contributed by atoms with Gasteiger partial charge in [0, 0.05) is 17.7 Å². The summed E-state index contributed by atoms with van der Waals surface area (Å²) in [6.45, 7) is 2.49. The minimum atomic E-state index is -0.0963. The van der Waals surface area contributed by atoms with E-state index >= 15 is 0 Å². The number of fused-ring (bicyclic) bond motifs is 1. The van der Waals surface area contributed by atoms with Crippen LogP contribution in [-0.2, 0) is 0 Å². The minimum absolute atomic E-state index is 0.0963. The lowest BCUT2D eigenvalue weighted by atomic mass is 10.0. The molecule has 1 N–H and O–H groups in total. The zero-order valence-corrected chi connectivity index (χ0v) is 14.4. The summed E-state index contributed by atoms with van der Waals surface area (Å²) in [5, 5.41) is 7.76. The number of benzene rings is 3. The third-order valence-corrected chi connectivity index (χ3v) is 4.33. The normalized spacial score (nSPS) is 10.8. The van der Waals surface area contributed by atoms with Crippen molar-refractivity contribution in [3.63, 3.8) is 0 Å². The first-order valence-electron chi connectivity index (χ1n) is 8.60. The molecule has 0 aliphatic rings. The maximum absolute atomic E-state index is 12.1. The molecule has 1 amide bonds. The molecule has 1 aromatic heterocycles. The molecule has 0 radical (unpaired) electrons. The Hall–Kier alpha value is -3.40. The molecule has 0 atom stereocenters. The number of carbonyl (C=O) groups is 1. The summed E-state index contributed by atoms with van der Waals surface area (Å²) < 4.78 is 5.56. The molecule has 0 bridgehead atoms. The number of aromatic nitrogens is 1.